The van der Waals surface area contributed by atoms with Crippen molar-refractivity contribution >= 4 is 29.2 Å². The highest BCUT2D eigenvalue weighted by atomic mass is 35.5. The van der Waals surface area contributed by atoms with Gasteiger partial charge in [-0.3, -0.25) is 10.1 Å². The average Bonchev–Trinajstić information content (AvgIpc) is 2.70. The van der Waals surface area contributed by atoms with Gasteiger partial charge >= 0.3 is 6.03 Å². The zero-order chi connectivity index (χ0) is 23.6. The molecule has 0 aliphatic heterocycles. The summed E-state index contributed by atoms with van der Waals surface area (Å²) < 4.78 is 33.8. The van der Waals surface area contributed by atoms with Gasteiger partial charge in [0.25, 0.3) is 5.91 Å². The first-order chi connectivity index (χ1) is 15.1. The molecule has 0 unspecified atom stereocenters. The number of benzene rings is 3. The molecule has 0 radical (unpaired) electrons. The van der Waals surface area contributed by atoms with E-state index in [1.807, 2.05) is 37.4 Å². The van der Waals surface area contributed by atoms with Gasteiger partial charge in [-0.25, -0.2) is 13.6 Å². The number of amides is 3. The van der Waals surface area contributed by atoms with Gasteiger partial charge in [-0.05, 0) is 68.7 Å². The molecular formula is C24H21ClF2N2O3. The number of ether oxygens (including phenoxy) is 1. The summed E-state index contributed by atoms with van der Waals surface area (Å²) in [6.07, 6.45) is 0. The third-order valence-corrected chi connectivity index (χ3v) is 5.25. The SMILES string of the molecule is Cc1ccc(Oc2c(C)cc(Cl)c(C)c2NC(=O)NC(=O)c2c(F)cccc2F)c(C)c1. The molecule has 0 atom stereocenters. The molecule has 3 aromatic rings. The molecule has 0 spiro atoms. The Morgan fingerprint density at radius 1 is 0.938 bits per heavy atom. The maximum absolute atomic E-state index is 13.9. The summed E-state index contributed by atoms with van der Waals surface area (Å²) >= 11 is 6.28. The van der Waals surface area contributed by atoms with Crippen molar-refractivity contribution in [1.82, 2.24) is 5.32 Å². The lowest BCUT2D eigenvalue weighted by molar-refractivity contribution is 0.0959. The number of carbonyl (C=O) groups excluding carboxylic acids is 2. The number of hydrogen-bond acceptors (Lipinski definition) is 3. The first-order valence-electron chi connectivity index (χ1n) is 9.69. The maximum Gasteiger partial charge on any atom is 0.326 e. The van der Waals surface area contributed by atoms with Gasteiger partial charge in [0.1, 0.15) is 22.9 Å². The zero-order valence-corrected chi connectivity index (χ0v) is 18.7. The predicted molar refractivity (Wildman–Crippen MR) is 120 cm³/mol. The minimum Gasteiger partial charge on any atom is -0.455 e. The topological polar surface area (TPSA) is 67.4 Å². The highest BCUT2D eigenvalue weighted by Crippen LogP contribution is 2.40. The van der Waals surface area contributed by atoms with Gasteiger partial charge < -0.3 is 10.1 Å². The van der Waals surface area contributed by atoms with Crippen LogP contribution in [0, 0.1) is 39.3 Å². The van der Waals surface area contributed by atoms with E-state index in [0.717, 1.165) is 29.3 Å². The van der Waals surface area contributed by atoms with Gasteiger partial charge in [-0.2, -0.15) is 0 Å². The standard InChI is InChI=1S/C24H21ClF2N2O3/c1-12-8-9-19(13(2)10-12)32-22-14(3)11-16(25)15(4)21(22)28-24(31)29-23(30)20-17(26)6-5-7-18(20)27/h5-11H,1-4H3,(H2,28,29,30,31). The number of rotatable bonds is 4. The van der Waals surface area contributed by atoms with Crippen LogP contribution in [0.15, 0.2) is 42.5 Å². The summed E-state index contributed by atoms with van der Waals surface area (Å²) in [4.78, 5) is 24.8. The van der Waals surface area contributed by atoms with E-state index in [1.54, 1.807) is 19.9 Å². The van der Waals surface area contributed by atoms with Crippen LogP contribution in [0.5, 0.6) is 11.5 Å². The van der Waals surface area contributed by atoms with Crippen LogP contribution in [0.4, 0.5) is 19.3 Å². The molecule has 0 fully saturated rings. The molecule has 2 N–H and O–H groups in total. The van der Waals surface area contributed by atoms with Gasteiger partial charge in [-0.1, -0.05) is 35.4 Å². The molecule has 32 heavy (non-hydrogen) atoms. The molecule has 3 rings (SSSR count). The van der Waals surface area contributed by atoms with E-state index in [9.17, 15) is 18.4 Å². The third-order valence-electron chi connectivity index (χ3n) is 4.86. The Morgan fingerprint density at radius 3 is 2.22 bits per heavy atom. The summed E-state index contributed by atoms with van der Waals surface area (Å²) in [5.41, 5.74) is 2.47. The van der Waals surface area contributed by atoms with Crippen LogP contribution < -0.4 is 15.4 Å². The number of halogens is 3. The predicted octanol–water partition coefficient (Wildman–Crippen LogP) is 6.61. The van der Waals surface area contributed by atoms with Crippen LogP contribution in [0.2, 0.25) is 5.02 Å². The fourth-order valence-electron chi connectivity index (χ4n) is 3.18. The molecule has 3 aromatic carbocycles. The summed E-state index contributed by atoms with van der Waals surface area (Å²) in [7, 11) is 0. The fraction of sp³-hybridized carbons (Fsp3) is 0.167. The van der Waals surface area contributed by atoms with Gasteiger partial charge in [0.15, 0.2) is 5.75 Å². The summed E-state index contributed by atoms with van der Waals surface area (Å²) in [5.74, 6) is -2.47. The highest BCUT2D eigenvalue weighted by Gasteiger charge is 2.22. The largest absolute Gasteiger partial charge is 0.455 e. The molecule has 0 bridgehead atoms. The van der Waals surface area contributed by atoms with Gasteiger partial charge in [0, 0.05) is 5.02 Å². The first kappa shape index (κ1) is 23.2. The molecule has 0 heterocycles. The van der Waals surface area contributed by atoms with Crippen LogP contribution in [0.25, 0.3) is 0 Å². The monoisotopic (exact) mass is 458 g/mol. The zero-order valence-electron chi connectivity index (χ0n) is 17.9. The van der Waals surface area contributed by atoms with Gasteiger partial charge in [0.2, 0.25) is 0 Å². The Labute approximate surface area is 189 Å². The number of hydrogen-bond donors (Lipinski definition) is 2. The van der Waals surface area contributed by atoms with Crippen LogP contribution in [-0.4, -0.2) is 11.9 Å². The quantitative estimate of drug-likeness (QED) is 0.462. The van der Waals surface area contributed by atoms with Crippen molar-refractivity contribution in [2.45, 2.75) is 27.7 Å². The number of imide groups is 1. The van der Waals surface area contributed by atoms with Crippen LogP contribution in [0.1, 0.15) is 32.6 Å². The van der Waals surface area contributed by atoms with Crippen LogP contribution in [-0.2, 0) is 0 Å². The molecule has 166 valence electrons. The van der Waals surface area contributed by atoms with Crippen molar-refractivity contribution in [3.63, 3.8) is 0 Å². The van der Waals surface area contributed by atoms with Crippen molar-refractivity contribution in [1.29, 1.82) is 0 Å². The van der Waals surface area contributed by atoms with Crippen molar-refractivity contribution < 1.29 is 23.1 Å². The molecule has 0 aliphatic rings. The van der Waals surface area contributed by atoms with Crippen LogP contribution >= 0.6 is 11.6 Å². The lowest BCUT2D eigenvalue weighted by Gasteiger charge is -2.19. The second-order valence-corrected chi connectivity index (χ2v) is 7.79. The molecule has 8 heteroatoms. The Hall–Kier alpha value is -3.45. The minimum absolute atomic E-state index is 0.231. The van der Waals surface area contributed by atoms with E-state index in [1.165, 1.54) is 0 Å². The minimum atomic E-state index is -1.22. The van der Waals surface area contributed by atoms with Crippen molar-refractivity contribution in [3.8, 4) is 11.5 Å². The molecule has 0 aromatic heterocycles. The van der Waals surface area contributed by atoms with Gasteiger partial charge in [0.05, 0.1) is 5.69 Å². The van der Waals surface area contributed by atoms with E-state index in [2.05, 4.69) is 5.32 Å². The number of urea groups is 1. The smallest absolute Gasteiger partial charge is 0.326 e. The van der Waals surface area contributed by atoms with Crippen molar-refractivity contribution in [2.24, 2.45) is 0 Å². The maximum atomic E-state index is 13.9. The molecule has 0 aliphatic carbocycles. The lowest BCUT2D eigenvalue weighted by atomic mass is 10.1. The van der Waals surface area contributed by atoms with E-state index in [-0.39, 0.29) is 5.69 Å². The summed E-state index contributed by atoms with van der Waals surface area (Å²) in [5, 5.41) is 4.83. The number of aryl methyl sites for hydroxylation is 3. The first-order valence-corrected chi connectivity index (χ1v) is 10.1. The van der Waals surface area contributed by atoms with E-state index in [4.69, 9.17) is 16.3 Å². The third kappa shape index (κ3) is 4.89. The average molecular weight is 459 g/mol. The number of nitrogens with one attached hydrogen (secondary N) is 2. The van der Waals surface area contributed by atoms with Crippen molar-refractivity contribution in [2.75, 3.05) is 5.32 Å². The van der Waals surface area contributed by atoms with E-state index >= 15 is 0 Å². The Kier molecular flexibility index (Phi) is 6.79. The second kappa shape index (κ2) is 9.36. The normalized spacial score (nSPS) is 10.6. The van der Waals surface area contributed by atoms with Crippen LogP contribution in [0.3, 0.4) is 0 Å². The number of carbonyl (C=O) groups is 2. The molecule has 0 saturated heterocycles. The molecule has 5 nitrogen and oxygen atoms in total. The Bertz CT molecular complexity index is 1210. The molecule has 0 saturated carbocycles. The lowest BCUT2D eigenvalue weighted by Crippen LogP contribution is -2.35. The second-order valence-electron chi connectivity index (χ2n) is 7.38. The Morgan fingerprint density at radius 2 is 1.59 bits per heavy atom. The highest BCUT2D eigenvalue weighted by molar-refractivity contribution is 6.32. The van der Waals surface area contributed by atoms with Crippen molar-refractivity contribution in [3.05, 3.63) is 86.9 Å². The summed E-state index contributed by atoms with van der Waals surface area (Å²) in [6, 6.07) is 9.33. The Balaban J connectivity index is 1.91. The van der Waals surface area contributed by atoms with E-state index < -0.39 is 29.1 Å². The molecule has 3 amide bonds. The fourth-order valence-corrected chi connectivity index (χ4v) is 3.44. The number of anilines is 1. The van der Waals surface area contributed by atoms with Gasteiger partial charge in [-0.15, -0.1) is 0 Å². The summed E-state index contributed by atoms with van der Waals surface area (Å²) in [6.45, 7) is 7.28. The molecular weight excluding hydrogens is 438 g/mol. The van der Waals surface area contributed by atoms with E-state index in [0.29, 0.717) is 27.6 Å².